The first kappa shape index (κ1) is 12.5. The van der Waals surface area contributed by atoms with Gasteiger partial charge in [0.05, 0.1) is 6.54 Å². The van der Waals surface area contributed by atoms with E-state index < -0.39 is 0 Å². The highest BCUT2D eigenvalue weighted by Gasteiger charge is 2.11. The Morgan fingerprint density at radius 3 is 2.50 bits per heavy atom. The van der Waals surface area contributed by atoms with Crippen molar-refractivity contribution in [2.45, 2.75) is 19.4 Å². The number of carbonyl (C=O) groups excluding carboxylic acids is 1. The maximum absolute atomic E-state index is 11.4. The predicted octanol–water partition coefficient (Wildman–Crippen LogP) is 0.952. The molecule has 4 heteroatoms. The minimum atomic E-state index is -0.373. The highest BCUT2D eigenvalue weighted by molar-refractivity contribution is 5.80. The third-order valence-electron chi connectivity index (χ3n) is 1.97. The van der Waals surface area contributed by atoms with Crippen LogP contribution in [-0.2, 0) is 4.79 Å². The van der Waals surface area contributed by atoms with Gasteiger partial charge in [0.25, 0.3) is 0 Å². The molecule has 0 radical (unpaired) electrons. The van der Waals surface area contributed by atoms with Crippen molar-refractivity contribution in [3.05, 3.63) is 30.3 Å². The molecule has 1 aromatic carbocycles. The van der Waals surface area contributed by atoms with E-state index in [1.807, 2.05) is 44.2 Å². The maximum Gasteiger partial charge on any atom is 0.239 e. The molecular weight excluding hydrogens is 202 g/mol. The lowest BCUT2D eigenvalue weighted by Gasteiger charge is -2.19. The van der Waals surface area contributed by atoms with Gasteiger partial charge in [-0.2, -0.15) is 0 Å². The molecule has 0 bridgehead atoms. The molecule has 0 aromatic heterocycles. The van der Waals surface area contributed by atoms with Gasteiger partial charge in [-0.3, -0.25) is 4.79 Å². The van der Waals surface area contributed by atoms with Crippen LogP contribution in [0.2, 0.25) is 0 Å². The smallest absolute Gasteiger partial charge is 0.239 e. The predicted molar refractivity (Wildman–Crippen MR) is 66.2 cm³/mol. The summed E-state index contributed by atoms with van der Waals surface area (Å²) in [6, 6.07) is 9.61. The summed E-state index contributed by atoms with van der Waals surface area (Å²) in [5.41, 5.74) is 6.32. The Hall–Kier alpha value is -1.55. The second kappa shape index (κ2) is 5.51. The molecule has 1 amide bonds. The molecule has 0 saturated heterocycles. The van der Waals surface area contributed by atoms with Gasteiger partial charge in [0.1, 0.15) is 0 Å². The van der Waals surface area contributed by atoms with Gasteiger partial charge in [0.15, 0.2) is 0 Å². The number of nitrogens with one attached hydrogen (secondary N) is 2. The second-order valence-corrected chi connectivity index (χ2v) is 4.48. The number of benzene rings is 1. The normalized spacial score (nSPS) is 10.9. The fourth-order valence-electron chi connectivity index (χ4n) is 1.13. The molecule has 0 aliphatic heterocycles. The first-order valence-electron chi connectivity index (χ1n) is 5.32. The Balaban J connectivity index is 2.26. The minimum absolute atomic E-state index is 0.0534. The molecular formula is C12H19N3O. The Bertz CT molecular complexity index is 330. The molecule has 0 aliphatic rings. The summed E-state index contributed by atoms with van der Waals surface area (Å²) in [7, 11) is 0. The van der Waals surface area contributed by atoms with Crippen LogP contribution >= 0.6 is 0 Å². The quantitative estimate of drug-likeness (QED) is 0.693. The van der Waals surface area contributed by atoms with E-state index in [1.54, 1.807) is 0 Å². The topological polar surface area (TPSA) is 67.1 Å². The van der Waals surface area contributed by atoms with Crippen LogP contribution in [-0.4, -0.2) is 24.5 Å². The van der Waals surface area contributed by atoms with Gasteiger partial charge >= 0.3 is 0 Å². The monoisotopic (exact) mass is 221 g/mol. The molecule has 16 heavy (non-hydrogen) atoms. The van der Waals surface area contributed by atoms with E-state index >= 15 is 0 Å². The fraction of sp³-hybridized carbons (Fsp3) is 0.417. The second-order valence-electron chi connectivity index (χ2n) is 4.48. The van der Waals surface area contributed by atoms with Gasteiger partial charge in [-0.25, -0.2) is 0 Å². The molecule has 4 nitrogen and oxygen atoms in total. The van der Waals surface area contributed by atoms with E-state index in [0.717, 1.165) is 5.69 Å². The molecule has 0 unspecified atom stereocenters. The summed E-state index contributed by atoms with van der Waals surface area (Å²) >= 11 is 0. The summed E-state index contributed by atoms with van der Waals surface area (Å²) in [6.07, 6.45) is 0. The van der Waals surface area contributed by atoms with Crippen LogP contribution in [0.4, 0.5) is 5.69 Å². The van der Waals surface area contributed by atoms with Gasteiger partial charge in [0.2, 0.25) is 5.91 Å². The van der Waals surface area contributed by atoms with Crippen molar-refractivity contribution in [2.24, 2.45) is 5.73 Å². The van der Waals surface area contributed by atoms with Crippen molar-refractivity contribution >= 4 is 11.6 Å². The van der Waals surface area contributed by atoms with Crippen molar-refractivity contribution in [1.29, 1.82) is 0 Å². The molecule has 1 rings (SSSR count). The van der Waals surface area contributed by atoms with Crippen LogP contribution in [0.5, 0.6) is 0 Å². The number of anilines is 1. The van der Waals surface area contributed by atoms with Crippen LogP contribution in [0.1, 0.15) is 13.8 Å². The Labute approximate surface area is 96.2 Å². The Morgan fingerprint density at radius 1 is 1.31 bits per heavy atom. The summed E-state index contributed by atoms with van der Waals surface area (Å²) in [5, 5.41) is 5.79. The van der Waals surface area contributed by atoms with Gasteiger partial charge in [-0.15, -0.1) is 0 Å². The van der Waals surface area contributed by atoms with Crippen LogP contribution in [0.25, 0.3) is 0 Å². The molecule has 0 spiro atoms. The number of hydrogen-bond acceptors (Lipinski definition) is 3. The molecule has 0 aliphatic carbocycles. The number of nitrogens with two attached hydrogens (primary N) is 1. The number of hydrogen-bond donors (Lipinski definition) is 3. The fourth-order valence-corrected chi connectivity index (χ4v) is 1.13. The van der Waals surface area contributed by atoms with Gasteiger partial charge in [0, 0.05) is 17.8 Å². The third kappa shape index (κ3) is 5.36. The molecule has 0 saturated carbocycles. The van der Waals surface area contributed by atoms with Crippen molar-refractivity contribution in [1.82, 2.24) is 5.32 Å². The maximum atomic E-state index is 11.4. The minimum Gasteiger partial charge on any atom is -0.376 e. The molecule has 0 atom stereocenters. The summed E-state index contributed by atoms with van der Waals surface area (Å²) in [6.45, 7) is 4.48. The van der Waals surface area contributed by atoms with Gasteiger partial charge < -0.3 is 16.4 Å². The molecule has 0 heterocycles. The van der Waals surface area contributed by atoms with E-state index in [2.05, 4.69) is 10.6 Å². The zero-order valence-corrected chi connectivity index (χ0v) is 9.79. The Morgan fingerprint density at radius 2 is 1.94 bits per heavy atom. The zero-order chi connectivity index (χ0) is 12.0. The van der Waals surface area contributed by atoms with Crippen LogP contribution in [0.15, 0.2) is 30.3 Å². The van der Waals surface area contributed by atoms with E-state index in [9.17, 15) is 4.79 Å². The SMILES string of the molecule is CC(C)(N)CNC(=O)CNc1ccccc1. The van der Waals surface area contributed by atoms with Gasteiger partial charge in [-0.1, -0.05) is 18.2 Å². The van der Waals surface area contributed by atoms with Crippen molar-refractivity contribution in [2.75, 3.05) is 18.4 Å². The highest BCUT2D eigenvalue weighted by atomic mass is 16.1. The van der Waals surface area contributed by atoms with Crippen molar-refractivity contribution in [3.63, 3.8) is 0 Å². The number of carbonyl (C=O) groups is 1. The van der Waals surface area contributed by atoms with Crippen LogP contribution in [0.3, 0.4) is 0 Å². The standard InChI is InChI=1S/C12H19N3O/c1-12(2,13)9-15-11(16)8-14-10-6-4-3-5-7-10/h3-7,14H,8-9,13H2,1-2H3,(H,15,16). The van der Waals surface area contributed by atoms with Crippen LogP contribution in [0, 0.1) is 0 Å². The third-order valence-corrected chi connectivity index (χ3v) is 1.97. The lowest BCUT2D eigenvalue weighted by atomic mass is 10.1. The zero-order valence-electron chi connectivity index (χ0n) is 9.79. The van der Waals surface area contributed by atoms with E-state index in [0.29, 0.717) is 6.54 Å². The van der Waals surface area contributed by atoms with E-state index in [4.69, 9.17) is 5.73 Å². The van der Waals surface area contributed by atoms with Crippen molar-refractivity contribution in [3.8, 4) is 0 Å². The average Bonchev–Trinajstić information content (AvgIpc) is 2.24. The summed E-state index contributed by atoms with van der Waals surface area (Å²) < 4.78 is 0. The molecule has 88 valence electrons. The molecule has 1 aromatic rings. The summed E-state index contributed by atoms with van der Waals surface area (Å²) in [4.78, 5) is 11.4. The van der Waals surface area contributed by atoms with Gasteiger partial charge in [-0.05, 0) is 26.0 Å². The number of amides is 1. The highest BCUT2D eigenvalue weighted by Crippen LogP contribution is 2.03. The number of para-hydroxylation sites is 1. The van der Waals surface area contributed by atoms with E-state index in [1.165, 1.54) is 0 Å². The summed E-state index contributed by atoms with van der Waals surface area (Å²) in [5.74, 6) is -0.0534. The first-order valence-corrected chi connectivity index (χ1v) is 5.32. The van der Waals surface area contributed by atoms with Crippen molar-refractivity contribution < 1.29 is 4.79 Å². The largest absolute Gasteiger partial charge is 0.376 e. The number of rotatable bonds is 5. The Kier molecular flexibility index (Phi) is 4.31. The lowest BCUT2D eigenvalue weighted by Crippen LogP contribution is -2.46. The van der Waals surface area contributed by atoms with Crippen LogP contribution < -0.4 is 16.4 Å². The lowest BCUT2D eigenvalue weighted by molar-refractivity contribution is -0.119. The average molecular weight is 221 g/mol. The first-order chi connectivity index (χ1) is 7.47. The van der Waals surface area contributed by atoms with E-state index in [-0.39, 0.29) is 18.0 Å². The molecule has 0 fully saturated rings. The molecule has 4 N–H and O–H groups in total.